The molecule has 0 aliphatic rings. The minimum absolute atomic E-state index is 0.0647. The summed E-state index contributed by atoms with van der Waals surface area (Å²) in [5, 5.41) is 0. The number of carbonyl (C=O) groups excluding carboxylic acids is 2. The van der Waals surface area contributed by atoms with Crippen LogP contribution in [0.2, 0.25) is 0 Å². The normalized spacial score (nSPS) is 13.6. The van der Waals surface area contributed by atoms with Crippen LogP contribution in [0.15, 0.2) is 30.3 Å². The number of nitrogens with zero attached hydrogens (tertiary/aromatic N) is 1. The molecule has 0 saturated carbocycles. The fourth-order valence-corrected chi connectivity index (χ4v) is 1.82. The van der Waals surface area contributed by atoms with E-state index >= 15 is 0 Å². The fourth-order valence-electron chi connectivity index (χ4n) is 1.82. The summed E-state index contributed by atoms with van der Waals surface area (Å²) < 4.78 is 5.28. The zero-order valence-corrected chi connectivity index (χ0v) is 11.2. The highest BCUT2D eigenvalue weighted by Crippen LogP contribution is 2.27. The number of rotatable bonds is 4. The molecule has 0 saturated heterocycles. The van der Waals surface area contributed by atoms with E-state index in [1.54, 1.807) is 21.0 Å². The topological polar surface area (TPSA) is 46.6 Å². The van der Waals surface area contributed by atoms with Crippen molar-refractivity contribution in [3.8, 4) is 0 Å². The lowest BCUT2D eigenvalue weighted by molar-refractivity contribution is -0.153. The maximum Gasteiger partial charge on any atom is 0.303 e. The molecule has 0 aliphatic heterocycles. The van der Waals surface area contributed by atoms with Gasteiger partial charge in [-0.1, -0.05) is 30.3 Å². The van der Waals surface area contributed by atoms with Gasteiger partial charge in [0.25, 0.3) is 0 Å². The van der Waals surface area contributed by atoms with Crippen LogP contribution in [0, 0.1) is 5.92 Å². The third-order valence-electron chi connectivity index (χ3n) is 2.71. The first-order chi connectivity index (χ1) is 8.43. The Balaban J connectivity index is 2.99. The molecule has 1 amide bonds. The molecule has 2 atom stereocenters. The van der Waals surface area contributed by atoms with Crippen LogP contribution in [-0.2, 0) is 14.3 Å². The van der Waals surface area contributed by atoms with Gasteiger partial charge in [0.05, 0.1) is 5.92 Å². The molecular formula is C14H19NO3. The summed E-state index contributed by atoms with van der Waals surface area (Å²) in [5.41, 5.74) is 0.829. The van der Waals surface area contributed by atoms with E-state index in [9.17, 15) is 9.59 Å². The Morgan fingerprint density at radius 2 is 1.72 bits per heavy atom. The van der Waals surface area contributed by atoms with Gasteiger partial charge in [-0.15, -0.1) is 0 Å². The summed E-state index contributed by atoms with van der Waals surface area (Å²) in [4.78, 5) is 24.7. The number of ether oxygens (including phenoxy) is 1. The fraction of sp³-hybridized carbons (Fsp3) is 0.429. The SMILES string of the molecule is CC(=O)O[C@H](c1ccccc1)[C@H](C)C(=O)N(C)C. The van der Waals surface area contributed by atoms with Crippen molar-refractivity contribution in [2.75, 3.05) is 14.1 Å². The second-order valence-electron chi connectivity index (χ2n) is 4.46. The average molecular weight is 249 g/mol. The number of benzene rings is 1. The molecule has 18 heavy (non-hydrogen) atoms. The Hall–Kier alpha value is -1.84. The summed E-state index contributed by atoms with van der Waals surface area (Å²) in [6, 6.07) is 9.31. The van der Waals surface area contributed by atoms with Crippen LogP contribution < -0.4 is 0 Å². The van der Waals surface area contributed by atoms with E-state index in [-0.39, 0.29) is 11.9 Å². The zero-order valence-electron chi connectivity index (χ0n) is 11.2. The van der Waals surface area contributed by atoms with Gasteiger partial charge in [-0.3, -0.25) is 9.59 Å². The van der Waals surface area contributed by atoms with Crippen LogP contribution in [0.4, 0.5) is 0 Å². The quantitative estimate of drug-likeness (QED) is 0.767. The molecular weight excluding hydrogens is 230 g/mol. The lowest BCUT2D eigenvalue weighted by Crippen LogP contribution is -2.33. The number of hydrogen-bond donors (Lipinski definition) is 0. The smallest absolute Gasteiger partial charge is 0.303 e. The van der Waals surface area contributed by atoms with E-state index in [1.807, 2.05) is 30.3 Å². The Morgan fingerprint density at radius 1 is 1.17 bits per heavy atom. The first-order valence-corrected chi connectivity index (χ1v) is 5.86. The molecule has 0 spiro atoms. The molecule has 0 aromatic heterocycles. The van der Waals surface area contributed by atoms with Crippen molar-refractivity contribution in [2.24, 2.45) is 5.92 Å². The van der Waals surface area contributed by atoms with E-state index < -0.39 is 12.0 Å². The number of amides is 1. The molecule has 4 nitrogen and oxygen atoms in total. The first kappa shape index (κ1) is 14.2. The largest absolute Gasteiger partial charge is 0.457 e. The van der Waals surface area contributed by atoms with Gasteiger partial charge in [0.2, 0.25) is 5.91 Å². The third kappa shape index (κ3) is 3.58. The Kier molecular flexibility index (Phi) is 4.89. The predicted molar refractivity (Wildman–Crippen MR) is 68.8 cm³/mol. The van der Waals surface area contributed by atoms with Crippen LogP contribution in [0.25, 0.3) is 0 Å². The molecule has 98 valence electrons. The molecule has 0 aliphatic carbocycles. The van der Waals surface area contributed by atoms with Gasteiger partial charge in [-0.2, -0.15) is 0 Å². The van der Waals surface area contributed by atoms with E-state index in [1.165, 1.54) is 11.8 Å². The summed E-state index contributed by atoms with van der Waals surface area (Å²) in [6.45, 7) is 3.12. The minimum Gasteiger partial charge on any atom is -0.457 e. The molecule has 4 heteroatoms. The molecule has 1 aromatic rings. The summed E-state index contributed by atoms with van der Waals surface area (Å²) in [7, 11) is 3.38. The second kappa shape index (κ2) is 6.19. The number of esters is 1. The Morgan fingerprint density at radius 3 is 2.17 bits per heavy atom. The van der Waals surface area contributed by atoms with Gasteiger partial charge in [0.1, 0.15) is 6.10 Å². The van der Waals surface area contributed by atoms with E-state index in [0.717, 1.165) is 5.56 Å². The van der Waals surface area contributed by atoms with Crippen molar-refractivity contribution >= 4 is 11.9 Å². The molecule has 1 aromatic carbocycles. The van der Waals surface area contributed by atoms with E-state index in [0.29, 0.717) is 0 Å². The van der Waals surface area contributed by atoms with Crippen LogP contribution in [0.3, 0.4) is 0 Å². The van der Waals surface area contributed by atoms with Gasteiger partial charge in [0, 0.05) is 21.0 Å². The highest BCUT2D eigenvalue weighted by atomic mass is 16.5. The van der Waals surface area contributed by atoms with Gasteiger partial charge in [0.15, 0.2) is 0 Å². The third-order valence-corrected chi connectivity index (χ3v) is 2.71. The monoisotopic (exact) mass is 249 g/mol. The van der Waals surface area contributed by atoms with Gasteiger partial charge >= 0.3 is 5.97 Å². The van der Waals surface area contributed by atoms with Gasteiger partial charge in [-0.25, -0.2) is 0 Å². The van der Waals surface area contributed by atoms with Crippen LogP contribution in [-0.4, -0.2) is 30.9 Å². The molecule has 1 rings (SSSR count). The van der Waals surface area contributed by atoms with Crippen molar-refractivity contribution in [1.29, 1.82) is 0 Å². The predicted octanol–water partition coefficient (Wildman–Crippen LogP) is 2.02. The standard InChI is InChI=1S/C14H19NO3/c1-10(14(17)15(3)4)13(18-11(2)16)12-8-6-5-7-9-12/h5-10,13H,1-4H3/t10-,13-/m0/s1. The van der Waals surface area contributed by atoms with Gasteiger partial charge in [-0.05, 0) is 12.5 Å². The van der Waals surface area contributed by atoms with Crippen LogP contribution in [0.1, 0.15) is 25.5 Å². The first-order valence-electron chi connectivity index (χ1n) is 5.86. The Bertz CT molecular complexity index is 414. The molecule has 0 radical (unpaired) electrons. The van der Waals surface area contributed by atoms with E-state index in [2.05, 4.69) is 0 Å². The average Bonchev–Trinajstić information content (AvgIpc) is 2.35. The van der Waals surface area contributed by atoms with Crippen LogP contribution in [0.5, 0.6) is 0 Å². The number of hydrogen-bond acceptors (Lipinski definition) is 3. The molecule has 0 unspecified atom stereocenters. The lowest BCUT2D eigenvalue weighted by atomic mass is 9.96. The maximum atomic E-state index is 12.0. The summed E-state index contributed by atoms with van der Waals surface area (Å²) in [6.07, 6.45) is -0.543. The second-order valence-corrected chi connectivity index (χ2v) is 4.46. The summed E-state index contributed by atoms with van der Waals surface area (Å²) >= 11 is 0. The summed E-state index contributed by atoms with van der Waals surface area (Å²) in [5.74, 6) is -0.862. The molecule has 0 heterocycles. The number of carbonyl (C=O) groups is 2. The highest BCUT2D eigenvalue weighted by Gasteiger charge is 2.29. The van der Waals surface area contributed by atoms with Crippen molar-refractivity contribution in [3.05, 3.63) is 35.9 Å². The maximum absolute atomic E-state index is 12.0. The lowest BCUT2D eigenvalue weighted by Gasteiger charge is -2.25. The van der Waals surface area contributed by atoms with Crippen molar-refractivity contribution in [2.45, 2.75) is 20.0 Å². The van der Waals surface area contributed by atoms with E-state index in [4.69, 9.17) is 4.74 Å². The van der Waals surface area contributed by atoms with Crippen LogP contribution >= 0.6 is 0 Å². The molecule has 0 N–H and O–H groups in total. The van der Waals surface area contributed by atoms with Crippen molar-refractivity contribution in [3.63, 3.8) is 0 Å². The Labute approximate surface area is 108 Å². The van der Waals surface area contributed by atoms with Crippen molar-refractivity contribution < 1.29 is 14.3 Å². The molecule has 0 bridgehead atoms. The van der Waals surface area contributed by atoms with Gasteiger partial charge < -0.3 is 9.64 Å². The molecule has 0 fully saturated rings. The zero-order chi connectivity index (χ0) is 13.7. The highest BCUT2D eigenvalue weighted by molar-refractivity contribution is 5.79. The minimum atomic E-state index is -0.543. The van der Waals surface area contributed by atoms with Crippen molar-refractivity contribution in [1.82, 2.24) is 4.90 Å².